The zero-order valence-corrected chi connectivity index (χ0v) is 40.0. The van der Waals surface area contributed by atoms with Crippen LogP contribution in [0.25, 0.3) is 88.3 Å². The Balaban J connectivity index is 0.000000216. The summed E-state index contributed by atoms with van der Waals surface area (Å²) < 4.78 is 96.7. The average molecular weight is 1040 g/mol. The van der Waals surface area contributed by atoms with Gasteiger partial charge in [0.05, 0.1) is 13.7 Å². The summed E-state index contributed by atoms with van der Waals surface area (Å²) in [5.74, 6) is 0. The van der Waals surface area contributed by atoms with Gasteiger partial charge in [0.15, 0.2) is 0 Å². The molecule has 64 heavy (non-hydrogen) atoms. The topological polar surface area (TPSA) is 38.9 Å². The molecule has 1 radical (unpaired) electrons. The van der Waals surface area contributed by atoms with Gasteiger partial charge in [-0.3, -0.25) is 0 Å². The molecule has 0 amide bonds. The quantitative estimate of drug-likeness (QED) is 0.0946. The van der Waals surface area contributed by atoms with Gasteiger partial charge in [-0.05, 0) is 104 Å². The molecule has 7 aromatic carbocycles. The van der Waals surface area contributed by atoms with Crippen LogP contribution in [0.1, 0.15) is 58.1 Å². The van der Waals surface area contributed by atoms with Gasteiger partial charge in [0.25, 0.3) is 0 Å². The molecular weight excluding hydrogens is 973 g/mol. The first-order valence-electron chi connectivity index (χ1n) is 26.5. The van der Waals surface area contributed by atoms with E-state index in [1.54, 1.807) is 42.6 Å². The molecule has 0 saturated carbocycles. The fourth-order valence-corrected chi connectivity index (χ4v) is 9.21. The molecule has 10 rings (SSSR count). The molecule has 0 fully saturated rings. The van der Waals surface area contributed by atoms with Gasteiger partial charge in [0, 0.05) is 53.0 Å². The molecule has 0 bridgehead atoms. The molecule has 3 heterocycles. The maximum atomic E-state index is 8.39. The van der Waals surface area contributed by atoms with E-state index in [1.807, 2.05) is 81.4 Å². The van der Waals surface area contributed by atoms with Crippen LogP contribution in [0, 0.1) is 38.1 Å². The van der Waals surface area contributed by atoms with E-state index in [-0.39, 0.29) is 36.8 Å². The van der Waals surface area contributed by atoms with Gasteiger partial charge in [-0.2, -0.15) is 0 Å². The number of furan rings is 1. The van der Waals surface area contributed by atoms with Crippen LogP contribution in [0.5, 0.6) is 0 Å². The Morgan fingerprint density at radius 2 is 1.39 bits per heavy atom. The summed E-state index contributed by atoms with van der Waals surface area (Å²) in [6.07, 6.45) is 1.36. The number of fused-ring (bicyclic) bond motifs is 6. The van der Waals surface area contributed by atoms with Gasteiger partial charge in [-0.15, -0.1) is 47.5 Å². The second kappa shape index (κ2) is 17.9. The summed E-state index contributed by atoms with van der Waals surface area (Å²) in [5.41, 5.74) is 6.04. The van der Waals surface area contributed by atoms with Crippen molar-refractivity contribution in [2.75, 3.05) is 0 Å². The Morgan fingerprint density at radius 1 is 0.625 bits per heavy atom. The summed E-state index contributed by atoms with van der Waals surface area (Å²) in [6, 6.07) is 50.0. The van der Waals surface area contributed by atoms with Crippen LogP contribution in [-0.4, -0.2) is 18.0 Å². The summed E-state index contributed by atoms with van der Waals surface area (Å²) in [5, 5.41) is 7.30. The molecule has 0 atom stereocenters. The molecule has 0 aliphatic carbocycles. The zero-order chi connectivity index (χ0) is 53.3. The zero-order valence-electron chi connectivity index (χ0n) is 47.6. The minimum Gasteiger partial charge on any atom is -0.501 e. The van der Waals surface area contributed by atoms with Crippen molar-refractivity contribution in [2.45, 2.75) is 67.3 Å². The van der Waals surface area contributed by atoms with E-state index >= 15 is 0 Å². The SMILES string of the molecule is [2H]C([2H])([2H])c1c[c-]c(-c2ccc(C([2H])([2H])C(C)(C)C)cn2)cc1-c1ccccc1.[2H]C([2H])([2H])c1cnc(-c2[c-]ccc3c2oc2cc4c(ccc5ccccc54)cc23)cc1-c1ccc([Si](C)(C)C)cc1C([2H])([2H])[2H].[Ir]. The van der Waals surface area contributed by atoms with Gasteiger partial charge in [0.1, 0.15) is 5.58 Å². The first-order valence-corrected chi connectivity index (χ1v) is 24.5. The van der Waals surface area contributed by atoms with E-state index in [9.17, 15) is 0 Å². The van der Waals surface area contributed by atoms with Crippen molar-refractivity contribution in [2.24, 2.45) is 5.41 Å². The van der Waals surface area contributed by atoms with E-state index < -0.39 is 40.4 Å². The van der Waals surface area contributed by atoms with Crippen molar-refractivity contribution in [1.29, 1.82) is 0 Å². The summed E-state index contributed by atoms with van der Waals surface area (Å²) in [4.78, 5) is 9.03. The Kier molecular flexibility index (Phi) is 9.13. The number of pyridine rings is 2. The van der Waals surface area contributed by atoms with E-state index in [4.69, 9.17) is 19.5 Å². The van der Waals surface area contributed by atoms with Crippen molar-refractivity contribution >= 4 is 56.7 Å². The van der Waals surface area contributed by atoms with Crippen LogP contribution in [0.2, 0.25) is 19.6 Å². The third-order valence-electron chi connectivity index (χ3n) is 11.2. The number of hydrogen-bond acceptors (Lipinski definition) is 3. The van der Waals surface area contributed by atoms with Gasteiger partial charge < -0.3 is 14.4 Å². The van der Waals surface area contributed by atoms with Crippen molar-refractivity contribution < 1.29 is 39.6 Å². The fraction of sp³-hybridized carbons (Fsp3) is 0.186. The number of nitrogens with zero attached hydrogens (tertiary/aromatic N) is 2. The molecule has 0 aliphatic rings. The molecule has 0 spiro atoms. The number of hydrogen-bond donors (Lipinski definition) is 0. The van der Waals surface area contributed by atoms with Crippen molar-refractivity contribution in [1.82, 2.24) is 9.97 Å². The Bertz CT molecular complexity index is 3740. The number of aromatic nitrogens is 2. The van der Waals surface area contributed by atoms with Gasteiger partial charge in [-0.25, -0.2) is 0 Å². The predicted molar refractivity (Wildman–Crippen MR) is 271 cm³/mol. The second-order valence-electron chi connectivity index (χ2n) is 18.0. The summed E-state index contributed by atoms with van der Waals surface area (Å²) in [7, 11) is -1.85. The Hall–Kier alpha value is -5.97. The summed E-state index contributed by atoms with van der Waals surface area (Å²) in [6.45, 7) is 4.81. The first-order chi connectivity index (χ1) is 34.6. The van der Waals surface area contributed by atoms with E-state index in [1.165, 1.54) is 12.3 Å². The maximum Gasteiger partial charge on any atom is 0.121 e. The standard InChI is InChI=1S/C36H30NOSi.C23H24N.Ir/c1-22-17-26(39(3,4)5)15-16-27(22)31-19-34(37-21-23(31)2)30-12-8-11-29-33-18-25-14-13-24-9-6-7-10-28(24)32(25)20-35(33)38-36(29)30;1-17-10-12-20(14-21(17)19-8-6-5-7-9-19)22-13-11-18(16-24-22)15-23(2,3)4;/h6-11,13-21H,1-5H3;5-11,13-14,16H,15H2,1-4H3;/q2*-1;/i1D3,2D3;1D3,15D2;. The van der Waals surface area contributed by atoms with Crippen LogP contribution < -0.4 is 5.19 Å². The molecule has 0 aliphatic heterocycles. The molecular formula is C59H54IrN2OSi-2. The Morgan fingerprint density at radius 3 is 2.14 bits per heavy atom. The Labute approximate surface area is 408 Å². The second-order valence-corrected chi connectivity index (χ2v) is 23.1. The minimum atomic E-state index is -2.51. The molecule has 3 nitrogen and oxygen atoms in total. The molecule has 10 aromatic rings. The fourth-order valence-electron chi connectivity index (χ4n) is 8.05. The minimum absolute atomic E-state index is 0. The molecule has 0 unspecified atom stereocenters. The monoisotopic (exact) mass is 1040 g/mol. The van der Waals surface area contributed by atoms with Crippen LogP contribution in [0.15, 0.2) is 156 Å². The van der Waals surface area contributed by atoms with Crippen LogP contribution in [-0.2, 0) is 26.5 Å². The smallest absolute Gasteiger partial charge is 0.121 e. The average Bonchev–Trinajstić information content (AvgIpc) is 3.72. The van der Waals surface area contributed by atoms with Crippen LogP contribution >= 0.6 is 0 Å². The van der Waals surface area contributed by atoms with Crippen LogP contribution in [0.4, 0.5) is 0 Å². The number of benzene rings is 7. The van der Waals surface area contributed by atoms with E-state index in [2.05, 4.69) is 78.1 Å². The predicted octanol–water partition coefficient (Wildman–Crippen LogP) is 15.7. The molecule has 0 N–H and O–H groups in total. The van der Waals surface area contributed by atoms with Gasteiger partial charge in [-0.1, -0.05) is 172 Å². The van der Waals surface area contributed by atoms with Gasteiger partial charge in [0.2, 0.25) is 0 Å². The van der Waals surface area contributed by atoms with Crippen LogP contribution in [0.3, 0.4) is 0 Å². The summed E-state index contributed by atoms with van der Waals surface area (Å²) >= 11 is 0. The van der Waals surface area contributed by atoms with Crippen molar-refractivity contribution in [3.8, 4) is 44.8 Å². The largest absolute Gasteiger partial charge is 0.501 e. The number of rotatable bonds is 6. The third kappa shape index (κ3) is 9.17. The molecule has 3 aromatic heterocycles. The maximum absolute atomic E-state index is 8.39. The number of aryl methyl sites for hydroxylation is 3. The van der Waals surface area contributed by atoms with E-state index in [0.29, 0.717) is 50.4 Å². The molecule has 5 heteroatoms. The molecule has 0 saturated heterocycles. The van der Waals surface area contributed by atoms with Gasteiger partial charge >= 0.3 is 0 Å². The van der Waals surface area contributed by atoms with Crippen molar-refractivity contribution in [3.05, 3.63) is 186 Å². The van der Waals surface area contributed by atoms with Crippen molar-refractivity contribution in [3.63, 3.8) is 0 Å². The first kappa shape index (κ1) is 32.6. The molecule has 321 valence electrons. The van der Waals surface area contributed by atoms with E-state index in [0.717, 1.165) is 48.7 Å². The normalized spacial score (nSPS) is 15.1. The third-order valence-corrected chi connectivity index (χ3v) is 13.3.